The Kier molecular flexibility index (Phi) is 4.25. The fourth-order valence-corrected chi connectivity index (χ4v) is 2.20. The van der Waals surface area contributed by atoms with Gasteiger partial charge in [-0.1, -0.05) is 12.1 Å². The third-order valence-corrected chi connectivity index (χ3v) is 3.29. The molecule has 5 heteroatoms. The smallest absolute Gasteiger partial charge is 0.128 e. The minimum atomic E-state index is -0.277. The molecule has 0 radical (unpaired) electrons. The molecule has 0 aliphatic rings. The molecule has 1 aromatic carbocycles. The minimum absolute atomic E-state index is 0.277. The van der Waals surface area contributed by atoms with Crippen LogP contribution in [0.5, 0.6) is 0 Å². The van der Waals surface area contributed by atoms with Gasteiger partial charge >= 0.3 is 0 Å². The molecular formula is C18H13FN4. The van der Waals surface area contributed by atoms with Crippen LogP contribution in [0, 0.1) is 17.1 Å². The lowest BCUT2D eigenvalue weighted by Gasteiger charge is -2.09. The van der Waals surface area contributed by atoms with E-state index in [4.69, 9.17) is 0 Å². The van der Waals surface area contributed by atoms with Gasteiger partial charge in [0.2, 0.25) is 0 Å². The van der Waals surface area contributed by atoms with E-state index in [9.17, 15) is 9.65 Å². The van der Waals surface area contributed by atoms with E-state index < -0.39 is 0 Å². The number of halogens is 1. The van der Waals surface area contributed by atoms with Crippen molar-refractivity contribution in [3.63, 3.8) is 0 Å². The Morgan fingerprint density at radius 3 is 2.65 bits per heavy atom. The molecule has 3 aromatic rings. The lowest BCUT2D eigenvalue weighted by molar-refractivity contribution is 0.626. The van der Waals surface area contributed by atoms with Gasteiger partial charge in [-0.2, -0.15) is 5.26 Å². The van der Waals surface area contributed by atoms with Crippen molar-refractivity contribution in [1.29, 1.82) is 5.26 Å². The van der Waals surface area contributed by atoms with Crippen LogP contribution in [-0.4, -0.2) is 9.97 Å². The summed E-state index contributed by atoms with van der Waals surface area (Å²) in [6, 6.07) is 15.5. The summed E-state index contributed by atoms with van der Waals surface area (Å²) in [7, 11) is 0. The SMILES string of the molecule is N#Cc1cc(NCc2cccc(F)c2)nc(-c2ccncc2)c1. The van der Waals surface area contributed by atoms with E-state index in [0.29, 0.717) is 23.6 Å². The van der Waals surface area contributed by atoms with Crippen molar-refractivity contribution in [3.05, 3.63) is 77.9 Å². The van der Waals surface area contributed by atoms with Crippen molar-refractivity contribution < 1.29 is 4.39 Å². The number of nitrogens with zero attached hydrogens (tertiary/aromatic N) is 3. The predicted octanol–water partition coefficient (Wildman–Crippen LogP) is 3.77. The molecule has 4 nitrogen and oxygen atoms in total. The van der Waals surface area contributed by atoms with Gasteiger partial charge in [0.05, 0.1) is 17.3 Å². The van der Waals surface area contributed by atoms with E-state index >= 15 is 0 Å². The highest BCUT2D eigenvalue weighted by Crippen LogP contribution is 2.20. The molecule has 0 saturated carbocycles. The van der Waals surface area contributed by atoms with E-state index in [1.54, 1.807) is 30.6 Å². The quantitative estimate of drug-likeness (QED) is 0.797. The molecule has 112 valence electrons. The second-order valence-corrected chi connectivity index (χ2v) is 4.96. The average Bonchev–Trinajstić information content (AvgIpc) is 2.60. The third kappa shape index (κ3) is 3.69. The molecule has 0 fully saturated rings. The zero-order chi connectivity index (χ0) is 16.1. The fraction of sp³-hybridized carbons (Fsp3) is 0.0556. The average molecular weight is 304 g/mol. The Balaban J connectivity index is 1.86. The number of rotatable bonds is 4. The first-order valence-electron chi connectivity index (χ1n) is 7.05. The highest BCUT2D eigenvalue weighted by Gasteiger charge is 2.05. The number of nitrogens with one attached hydrogen (secondary N) is 1. The summed E-state index contributed by atoms with van der Waals surface area (Å²) in [5, 5.41) is 12.3. The van der Waals surface area contributed by atoms with E-state index in [1.807, 2.05) is 18.2 Å². The van der Waals surface area contributed by atoms with Crippen LogP contribution in [0.4, 0.5) is 10.2 Å². The first kappa shape index (κ1) is 14.7. The molecule has 3 rings (SSSR count). The molecule has 0 bridgehead atoms. The minimum Gasteiger partial charge on any atom is -0.366 e. The van der Waals surface area contributed by atoms with Crippen molar-refractivity contribution >= 4 is 5.82 Å². The fourth-order valence-electron chi connectivity index (χ4n) is 2.20. The monoisotopic (exact) mass is 304 g/mol. The standard InChI is InChI=1S/C18H13FN4/c19-16-3-1-2-13(8-16)12-22-18-10-14(11-20)9-17(23-18)15-4-6-21-7-5-15/h1-10H,12H2,(H,22,23). The number of anilines is 1. The number of benzene rings is 1. The Hall–Kier alpha value is -3.26. The number of hydrogen-bond acceptors (Lipinski definition) is 4. The highest BCUT2D eigenvalue weighted by atomic mass is 19.1. The van der Waals surface area contributed by atoms with Gasteiger partial charge in [0.15, 0.2) is 0 Å². The topological polar surface area (TPSA) is 61.6 Å². The lowest BCUT2D eigenvalue weighted by atomic mass is 10.1. The molecule has 2 aromatic heterocycles. The Bertz CT molecular complexity index is 856. The molecule has 0 saturated heterocycles. The summed E-state index contributed by atoms with van der Waals surface area (Å²) in [5.74, 6) is 0.292. The maximum Gasteiger partial charge on any atom is 0.128 e. The predicted molar refractivity (Wildman–Crippen MR) is 85.9 cm³/mol. The highest BCUT2D eigenvalue weighted by molar-refractivity contribution is 5.63. The van der Waals surface area contributed by atoms with Crippen LogP contribution in [0.2, 0.25) is 0 Å². The molecule has 0 aliphatic heterocycles. The molecule has 23 heavy (non-hydrogen) atoms. The van der Waals surface area contributed by atoms with E-state index in [-0.39, 0.29) is 5.82 Å². The van der Waals surface area contributed by atoms with Crippen LogP contribution in [0.3, 0.4) is 0 Å². The van der Waals surface area contributed by atoms with Crippen molar-refractivity contribution in [3.8, 4) is 17.3 Å². The van der Waals surface area contributed by atoms with Gasteiger partial charge < -0.3 is 5.32 Å². The number of pyridine rings is 2. The molecule has 2 heterocycles. The normalized spacial score (nSPS) is 10.1. The maximum atomic E-state index is 13.2. The second-order valence-electron chi connectivity index (χ2n) is 4.96. The lowest BCUT2D eigenvalue weighted by Crippen LogP contribution is -2.03. The van der Waals surface area contributed by atoms with E-state index in [1.165, 1.54) is 12.1 Å². The zero-order valence-corrected chi connectivity index (χ0v) is 12.2. The van der Waals surface area contributed by atoms with Crippen LogP contribution in [0.1, 0.15) is 11.1 Å². The van der Waals surface area contributed by atoms with Crippen LogP contribution >= 0.6 is 0 Å². The van der Waals surface area contributed by atoms with Gasteiger partial charge in [0.1, 0.15) is 11.6 Å². The number of nitriles is 1. The van der Waals surface area contributed by atoms with Crippen LogP contribution in [0.15, 0.2) is 60.9 Å². The summed E-state index contributed by atoms with van der Waals surface area (Å²) in [4.78, 5) is 8.48. The number of hydrogen-bond donors (Lipinski definition) is 1. The van der Waals surface area contributed by atoms with Gasteiger partial charge in [-0.15, -0.1) is 0 Å². The molecule has 0 aliphatic carbocycles. The van der Waals surface area contributed by atoms with Gasteiger partial charge in [-0.05, 0) is 42.0 Å². The molecule has 0 unspecified atom stereocenters. The van der Waals surface area contributed by atoms with Crippen molar-refractivity contribution in [1.82, 2.24) is 9.97 Å². The summed E-state index contributed by atoms with van der Waals surface area (Å²) in [5.41, 5.74) is 2.88. The van der Waals surface area contributed by atoms with E-state index in [0.717, 1.165) is 11.1 Å². The first-order chi connectivity index (χ1) is 11.2. The van der Waals surface area contributed by atoms with Crippen molar-refractivity contribution in [2.75, 3.05) is 5.32 Å². The number of aromatic nitrogens is 2. The molecular weight excluding hydrogens is 291 g/mol. The van der Waals surface area contributed by atoms with E-state index in [2.05, 4.69) is 21.4 Å². The van der Waals surface area contributed by atoms with Gasteiger partial charge in [0.25, 0.3) is 0 Å². The Morgan fingerprint density at radius 2 is 1.91 bits per heavy atom. The zero-order valence-electron chi connectivity index (χ0n) is 12.2. The van der Waals surface area contributed by atoms with Crippen LogP contribution < -0.4 is 5.32 Å². The van der Waals surface area contributed by atoms with Gasteiger partial charge in [0, 0.05) is 24.5 Å². The van der Waals surface area contributed by atoms with Crippen LogP contribution in [0.25, 0.3) is 11.3 Å². The Labute approximate surface area is 133 Å². The summed E-state index contributed by atoms with van der Waals surface area (Å²) >= 11 is 0. The largest absolute Gasteiger partial charge is 0.366 e. The second kappa shape index (κ2) is 6.67. The third-order valence-electron chi connectivity index (χ3n) is 3.29. The van der Waals surface area contributed by atoms with Crippen molar-refractivity contribution in [2.24, 2.45) is 0 Å². The van der Waals surface area contributed by atoms with Gasteiger partial charge in [-0.25, -0.2) is 9.37 Å². The summed E-state index contributed by atoms with van der Waals surface area (Å²) in [6.45, 7) is 0.426. The maximum absolute atomic E-state index is 13.2. The molecule has 0 amide bonds. The Morgan fingerprint density at radius 1 is 1.09 bits per heavy atom. The summed E-state index contributed by atoms with van der Waals surface area (Å²) in [6.07, 6.45) is 3.35. The first-order valence-corrected chi connectivity index (χ1v) is 7.05. The summed E-state index contributed by atoms with van der Waals surface area (Å²) < 4.78 is 13.2. The van der Waals surface area contributed by atoms with Gasteiger partial charge in [-0.3, -0.25) is 4.98 Å². The van der Waals surface area contributed by atoms with Crippen LogP contribution in [-0.2, 0) is 6.54 Å². The molecule has 0 spiro atoms. The molecule has 1 N–H and O–H groups in total. The molecule has 0 atom stereocenters. The van der Waals surface area contributed by atoms with Crippen molar-refractivity contribution in [2.45, 2.75) is 6.54 Å².